The van der Waals surface area contributed by atoms with E-state index < -0.39 is 11.8 Å². The number of nitrogens with zero attached hydrogens (tertiary/aromatic N) is 4. The molecule has 2 aliphatic heterocycles. The third-order valence-corrected chi connectivity index (χ3v) is 6.36. The van der Waals surface area contributed by atoms with Crippen LogP contribution < -0.4 is 4.74 Å². The van der Waals surface area contributed by atoms with Crippen molar-refractivity contribution in [3.05, 3.63) is 53.5 Å². The molecule has 1 unspecified atom stereocenters. The molecular formula is C23H22F2N4O2. The molecule has 0 bridgehead atoms. The number of hydrogen-bond acceptors (Lipinski definition) is 5. The molecule has 3 aromatic rings. The summed E-state index contributed by atoms with van der Waals surface area (Å²) in [7, 11) is 0. The van der Waals surface area contributed by atoms with Gasteiger partial charge in [-0.05, 0) is 23.8 Å². The van der Waals surface area contributed by atoms with Crippen molar-refractivity contribution in [3.8, 4) is 5.88 Å². The molecule has 1 atom stereocenters. The van der Waals surface area contributed by atoms with Crippen molar-refractivity contribution in [1.82, 2.24) is 14.5 Å². The van der Waals surface area contributed by atoms with E-state index in [1.807, 2.05) is 28.8 Å². The Hall–Kier alpha value is -2.87. The molecule has 2 aromatic heterocycles. The molecule has 6 nitrogen and oxygen atoms in total. The maximum atomic E-state index is 13.3. The van der Waals surface area contributed by atoms with Gasteiger partial charge in [0.25, 0.3) is 5.92 Å². The van der Waals surface area contributed by atoms with Gasteiger partial charge in [0.05, 0.1) is 48.4 Å². The van der Waals surface area contributed by atoms with Gasteiger partial charge in [-0.15, -0.1) is 0 Å². The summed E-state index contributed by atoms with van der Waals surface area (Å²) in [6.45, 7) is 2.28. The summed E-state index contributed by atoms with van der Waals surface area (Å²) in [4.78, 5) is 13.7. The van der Waals surface area contributed by atoms with Crippen LogP contribution in [0.1, 0.15) is 36.0 Å². The fourth-order valence-electron chi connectivity index (χ4n) is 4.45. The lowest BCUT2D eigenvalue weighted by Crippen LogP contribution is -2.27. The minimum absolute atomic E-state index is 0.0404. The van der Waals surface area contributed by atoms with Crippen LogP contribution in [0.15, 0.2) is 41.8 Å². The first-order chi connectivity index (χ1) is 15.1. The number of rotatable bonds is 5. The Balaban J connectivity index is 1.30. The van der Waals surface area contributed by atoms with Gasteiger partial charge in [0, 0.05) is 43.5 Å². The second-order valence-corrected chi connectivity index (χ2v) is 8.51. The van der Waals surface area contributed by atoms with Crippen LogP contribution in [0, 0.1) is 5.92 Å². The third-order valence-electron chi connectivity index (χ3n) is 6.36. The quantitative estimate of drug-likeness (QED) is 0.621. The van der Waals surface area contributed by atoms with E-state index in [9.17, 15) is 8.78 Å². The highest BCUT2D eigenvalue weighted by atomic mass is 19.3. The summed E-state index contributed by atoms with van der Waals surface area (Å²) < 4.78 is 40.2. The zero-order valence-electron chi connectivity index (χ0n) is 16.9. The first kappa shape index (κ1) is 18.9. The second-order valence-electron chi connectivity index (χ2n) is 8.51. The van der Waals surface area contributed by atoms with Crippen molar-refractivity contribution in [2.45, 2.75) is 44.4 Å². The van der Waals surface area contributed by atoms with Crippen molar-refractivity contribution in [2.75, 3.05) is 13.2 Å². The SMILES string of the molecule is FC1(F)CC1Cn1cnc2cc(C3=NCc4ccnc(OC5CCOCC5)c43)ccc21. The van der Waals surface area contributed by atoms with Crippen molar-refractivity contribution in [1.29, 1.82) is 0 Å². The number of imidazole rings is 1. The Labute approximate surface area is 177 Å². The van der Waals surface area contributed by atoms with Crippen LogP contribution in [-0.2, 0) is 17.8 Å². The minimum atomic E-state index is -2.54. The van der Waals surface area contributed by atoms with E-state index in [1.165, 1.54) is 0 Å². The third kappa shape index (κ3) is 3.39. The number of alkyl halides is 2. The van der Waals surface area contributed by atoms with Gasteiger partial charge in [-0.1, -0.05) is 6.07 Å². The van der Waals surface area contributed by atoms with Gasteiger partial charge in [0.1, 0.15) is 6.10 Å². The normalized spacial score (nSPS) is 22.4. The van der Waals surface area contributed by atoms with Crippen molar-refractivity contribution in [2.24, 2.45) is 10.9 Å². The summed E-state index contributed by atoms with van der Waals surface area (Å²) in [5.74, 6) is -2.51. The Morgan fingerprint density at radius 3 is 2.81 bits per heavy atom. The lowest BCUT2D eigenvalue weighted by molar-refractivity contribution is 0.0236. The zero-order chi connectivity index (χ0) is 21.0. The number of benzene rings is 1. The average molecular weight is 424 g/mol. The van der Waals surface area contributed by atoms with E-state index in [-0.39, 0.29) is 12.5 Å². The van der Waals surface area contributed by atoms with Crippen LogP contribution >= 0.6 is 0 Å². The van der Waals surface area contributed by atoms with E-state index >= 15 is 0 Å². The molecule has 8 heteroatoms. The molecule has 0 spiro atoms. The number of halogens is 2. The van der Waals surface area contributed by atoms with Crippen LogP contribution in [0.5, 0.6) is 5.88 Å². The van der Waals surface area contributed by atoms with Crippen LogP contribution in [0.3, 0.4) is 0 Å². The minimum Gasteiger partial charge on any atom is -0.474 e. The maximum absolute atomic E-state index is 13.3. The van der Waals surface area contributed by atoms with Gasteiger partial charge in [0.2, 0.25) is 5.88 Å². The van der Waals surface area contributed by atoms with Crippen molar-refractivity contribution < 1.29 is 18.3 Å². The van der Waals surface area contributed by atoms with Crippen molar-refractivity contribution >= 4 is 16.7 Å². The standard InChI is InChI=1S/C23H22F2N4O2/c24-23(25)10-16(23)12-29-13-28-18-9-14(1-2-19(18)29)21-20-15(11-27-21)3-6-26-22(20)31-17-4-7-30-8-5-17/h1-3,6,9,13,16-17H,4-5,7-8,10-12H2. The monoisotopic (exact) mass is 424 g/mol. The molecule has 2 fully saturated rings. The van der Waals surface area contributed by atoms with Crippen LogP contribution in [-0.4, -0.2) is 45.5 Å². The lowest BCUT2D eigenvalue weighted by Gasteiger charge is -2.24. The Bertz CT molecular complexity index is 1180. The molecule has 0 radical (unpaired) electrons. The number of fused-ring (bicyclic) bond motifs is 2. The molecule has 160 valence electrons. The number of aromatic nitrogens is 3. The van der Waals surface area contributed by atoms with Gasteiger partial charge in [-0.25, -0.2) is 18.7 Å². The van der Waals surface area contributed by atoms with Crippen molar-refractivity contribution in [3.63, 3.8) is 0 Å². The van der Waals surface area contributed by atoms with E-state index in [1.54, 1.807) is 12.5 Å². The van der Waals surface area contributed by atoms with Crippen LogP contribution in [0.25, 0.3) is 11.0 Å². The van der Waals surface area contributed by atoms with E-state index in [4.69, 9.17) is 14.5 Å². The molecule has 1 aromatic carbocycles. The molecule has 1 aliphatic carbocycles. The molecular weight excluding hydrogens is 402 g/mol. The number of pyridine rings is 1. The topological polar surface area (TPSA) is 61.5 Å². The molecule has 1 saturated heterocycles. The predicted octanol–water partition coefficient (Wildman–Crippen LogP) is 4.00. The first-order valence-corrected chi connectivity index (χ1v) is 10.7. The number of ether oxygens (including phenoxy) is 2. The van der Waals surface area contributed by atoms with Gasteiger partial charge in [-0.2, -0.15) is 0 Å². The molecule has 6 rings (SSSR count). The summed E-state index contributed by atoms with van der Waals surface area (Å²) in [5, 5.41) is 0. The highest BCUT2D eigenvalue weighted by Gasteiger charge is 2.56. The predicted molar refractivity (Wildman–Crippen MR) is 111 cm³/mol. The first-order valence-electron chi connectivity index (χ1n) is 10.7. The molecule has 4 heterocycles. The summed E-state index contributed by atoms with van der Waals surface area (Å²) >= 11 is 0. The Morgan fingerprint density at radius 1 is 1.16 bits per heavy atom. The smallest absolute Gasteiger partial charge is 0.253 e. The average Bonchev–Trinajstić information content (AvgIpc) is 3.12. The summed E-state index contributed by atoms with van der Waals surface area (Å²) in [6.07, 6.45) is 5.16. The summed E-state index contributed by atoms with van der Waals surface area (Å²) in [6, 6.07) is 7.86. The molecule has 0 N–H and O–H groups in total. The highest BCUT2D eigenvalue weighted by molar-refractivity contribution is 6.17. The Morgan fingerprint density at radius 2 is 2.00 bits per heavy atom. The summed E-state index contributed by atoms with van der Waals surface area (Å²) in [5.41, 5.74) is 5.43. The zero-order valence-corrected chi connectivity index (χ0v) is 16.9. The van der Waals surface area contributed by atoms with Gasteiger partial charge >= 0.3 is 0 Å². The second kappa shape index (κ2) is 7.09. The van der Waals surface area contributed by atoms with Gasteiger partial charge in [-0.3, -0.25) is 4.99 Å². The number of hydrogen-bond donors (Lipinski definition) is 0. The van der Waals surface area contributed by atoms with E-state index in [0.29, 0.717) is 32.2 Å². The Kier molecular flexibility index (Phi) is 4.31. The van der Waals surface area contributed by atoms with Gasteiger partial charge < -0.3 is 14.0 Å². The fourth-order valence-corrected chi connectivity index (χ4v) is 4.45. The fraction of sp³-hybridized carbons (Fsp3) is 0.435. The van der Waals surface area contributed by atoms with Crippen LogP contribution in [0.2, 0.25) is 0 Å². The van der Waals surface area contributed by atoms with Gasteiger partial charge in [0.15, 0.2) is 0 Å². The largest absolute Gasteiger partial charge is 0.474 e. The van der Waals surface area contributed by atoms with Crippen LogP contribution in [0.4, 0.5) is 8.78 Å². The molecule has 31 heavy (non-hydrogen) atoms. The lowest BCUT2D eigenvalue weighted by atomic mass is 10.0. The van der Waals surface area contributed by atoms with E-state index in [0.717, 1.165) is 46.3 Å². The molecule has 0 amide bonds. The maximum Gasteiger partial charge on any atom is 0.253 e. The highest BCUT2D eigenvalue weighted by Crippen LogP contribution is 2.49. The van der Waals surface area contributed by atoms with E-state index in [2.05, 4.69) is 9.97 Å². The molecule has 1 saturated carbocycles. The molecule has 3 aliphatic rings. The number of aliphatic imine (C=N–C) groups is 1.